The molecule has 3 aromatic heterocycles. The largest absolute Gasteiger partial charge is 0.503 e. The molecule has 0 radical (unpaired) electrons. The molecule has 8 nitrogen and oxygen atoms in total. The molecule has 0 saturated carbocycles. The van der Waals surface area contributed by atoms with E-state index in [2.05, 4.69) is 20.4 Å². The molecule has 0 spiro atoms. The van der Waals surface area contributed by atoms with E-state index in [1.54, 1.807) is 30.6 Å². The summed E-state index contributed by atoms with van der Waals surface area (Å²) in [5, 5.41) is 5.03. The molecule has 0 aromatic carbocycles. The first kappa shape index (κ1) is 19.5. The number of pyridine rings is 2. The Morgan fingerprint density at radius 2 is 1.89 bits per heavy atom. The third kappa shape index (κ3) is 3.86. The monoisotopic (exact) mass is 411 g/mol. The number of carbonyl (C=O) groups is 1. The van der Waals surface area contributed by atoms with Gasteiger partial charge in [0.25, 0.3) is 15.7 Å². The molecular formula is C16H12F3N5O3S. The van der Waals surface area contributed by atoms with E-state index in [1.165, 1.54) is 16.9 Å². The molecule has 1 amide bonds. The molecule has 0 bridgehead atoms. The second-order valence-corrected chi connectivity index (χ2v) is 7.32. The predicted molar refractivity (Wildman–Crippen MR) is 90.0 cm³/mol. The lowest BCUT2D eigenvalue weighted by atomic mass is 10.2. The third-order valence-electron chi connectivity index (χ3n) is 3.58. The summed E-state index contributed by atoms with van der Waals surface area (Å²) in [6.45, 7) is -0.0778. The first-order valence-corrected chi connectivity index (χ1v) is 9.18. The van der Waals surface area contributed by atoms with Crippen LogP contribution in [-0.2, 0) is 16.4 Å². The summed E-state index contributed by atoms with van der Waals surface area (Å²) in [7, 11) is -5.76. The van der Waals surface area contributed by atoms with Gasteiger partial charge in [0.2, 0.25) is 0 Å². The molecular weight excluding hydrogens is 399 g/mol. The van der Waals surface area contributed by atoms with Crippen LogP contribution in [0, 0.1) is 0 Å². The number of nitrogens with zero attached hydrogens (tertiary/aromatic N) is 4. The van der Waals surface area contributed by atoms with Crippen molar-refractivity contribution in [3.05, 3.63) is 66.2 Å². The number of alkyl halides is 3. The third-order valence-corrected chi connectivity index (χ3v) is 5.02. The van der Waals surface area contributed by atoms with Gasteiger partial charge in [0, 0.05) is 31.3 Å². The standard InChI is InChI=1S/C16H12F3N5O3S/c17-16(18,19)28(26,27)15-12(3-1-6-20-15)14(25)22-10-11-4-5-13(21-9-11)24-8-2-7-23-24/h1-9H,10H2,(H,22,25). The van der Waals surface area contributed by atoms with Crippen molar-refractivity contribution < 1.29 is 26.4 Å². The summed E-state index contributed by atoms with van der Waals surface area (Å²) in [4.78, 5) is 19.6. The number of rotatable bonds is 5. The van der Waals surface area contributed by atoms with Gasteiger partial charge in [0.05, 0.1) is 5.56 Å². The Kier molecular flexibility index (Phi) is 5.14. The summed E-state index contributed by atoms with van der Waals surface area (Å²) in [6.07, 6.45) is 5.59. The van der Waals surface area contributed by atoms with Crippen molar-refractivity contribution in [1.29, 1.82) is 0 Å². The number of nitrogens with one attached hydrogen (secondary N) is 1. The minimum Gasteiger partial charge on any atom is -0.348 e. The van der Waals surface area contributed by atoms with Crippen molar-refractivity contribution in [2.75, 3.05) is 0 Å². The van der Waals surface area contributed by atoms with Gasteiger partial charge in [0.15, 0.2) is 10.8 Å². The molecule has 28 heavy (non-hydrogen) atoms. The Bertz CT molecular complexity index is 1080. The van der Waals surface area contributed by atoms with Gasteiger partial charge in [-0.3, -0.25) is 4.79 Å². The smallest absolute Gasteiger partial charge is 0.348 e. The van der Waals surface area contributed by atoms with Crippen LogP contribution >= 0.6 is 0 Å². The number of amides is 1. The summed E-state index contributed by atoms with van der Waals surface area (Å²) >= 11 is 0. The molecule has 0 aliphatic carbocycles. The zero-order valence-electron chi connectivity index (χ0n) is 14.0. The zero-order chi connectivity index (χ0) is 20.4. The highest BCUT2D eigenvalue weighted by atomic mass is 32.2. The van der Waals surface area contributed by atoms with E-state index in [0.717, 1.165) is 12.3 Å². The summed E-state index contributed by atoms with van der Waals surface area (Å²) in [5.41, 5.74) is -5.71. The zero-order valence-corrected chi connectivity index (χ0v) is 14.8. The van der Waals surface area contributed by atoms with Crippen LogP contribution in [-0.4, -0.2) is 39.6 Å². The van der Waals surface area contributed by atoms with E-state index in [1.807, 2.05) is 0 Å². The number of sulfone groups is 1. The van der Waals surface area contributed by atoms with Gasteiger partial charge in [0.1, 0.15) is 0 Å². The molecule has 0 unspecified atom stereocenters. The van der Waals surface area contributed by atoms with Crippen molar-refractivity contribution in [1.82, 2.24) is 25.1 Å². The Balaban J connectivity index is 1.76. The van der Waals surface area contributed by atoms with Crippen LogP contribution in [0.3, 0.4) is 0 Å². The molecule has 0 aliphatic heterocycles. The minimum absolute atomic E-state index is 0.0778. The lowest BCUT2D eigenvalue weighted by molar-refractivity contribution is -0.0438. The van der Waals surface area contributed by atoms with E-state index >= 15 is 0 Å². The first-order chi connectivity index (χ1) is 13.2. The highest BCUT2D eigenvalue weighted by Crippen LogP contribution is 2.30. The lowest BCUT2D eigenvalue weighted by Crippen LogP contribution is -2.30. The van der Waals surface area contributed by atoms with Gasteiger partial charge in [-0.2, -0.15) is 18.3 Å². The highest BCUT2D eigenvalue weighted by molar-refractivity contribution is 7.92. The Labute approximate surface area is 157 Å². The van der Waals surface area contributed by atoms with Crippen molar-refractivity contribution >= 4 is 15.7 Å². The molecule has 0 saturated heterocycles. The van der Waals surface area contributed by atoms with Gasteiger partial charge in [-0.05, 0) is 29.8 Å². The number of aromatic nitrogens is 4. The van der Waals surface area contributed by atoms with Crippen LogP contribution in [0.4, 0.5) is 13.2 Å². The van der Waals surface area contributed by atoms with Gasteiger partial charge in [-0.15, -0.1) is 0 Å². The maximum Gasteiger partial charge on any atom is 0.503 e. The van der Waals surface area contributed by atoms with E-state index in [9.17, 15) is 26.4 Å². The minimum atomic E-state index is -5.76. The van der Waals surface area contributed by atoms with Crippen molar-refractivity contribution in [3.63, 3.8) is 0 Å². The van der Waals surface area contributed by atoms with Crippen LogP contribution < -0.4 is 5.32 Å². The van der Waals surface area contributed by atoms with Gasteiger partial charge >= 0.3 is 5.51 Å². The van der Waals surface area contributed by atoms with Gasteiger partial charge in [-0.25, -0.2) is 23.1 Å². The molecule has 1 N–H and O–H groups in total. The fourth-order valence-electron chi connectivity index (χ4n) is 2.23. The first-order valence-electron chi connectivity index (χ1n) is 7.69. The Morgan fingerprint density at radius 3 is 2.50 bits per heavy atom. The second kappa shape index (κ2) is 7.38. The molecule has 3 aromatic rings. The number of halogens is 3. The molecule has 0 aliphatic rings. The fraction of sp³-hybridized carbons (Fsp3) is 0.125. The van der Waals surface area contributed by atoms with Crippen molar-refractivity contribution in [2.45, 2.75) is 17.1 Å². The number of carbonyl (C=O) groups excluding carboxylic acids is 1. The molecule has 146 valence electrons. The molecule has 12 heteroatoms. The van der Waals surface area contributed by atoms with E-state index in [0.29, 0.717) is 11.4 Å². The SMILES string of the molecule is O=C(NCc1ccc(-n2cccn2)nc1)c1cccnc1S(=O)(=O)C(F)(F)F. The quantitative estimate of drug-likeness (QED) is 0.687. The second-order valence-electron chi connectivity index (χ2n) is 5.46. The van der Waals surface area contributed by atoms with Crippen molar-refractivity contribution in [3.8, 4) is 5.82 Å². The summed E-state index contributed by atoms with van der Waals surface area (Å²) < 4.78 is 63.1. The average Bonchev–Trinajstić information content (AvgIpc) is 3.20. The van der Waals surface area contributed by atoms with Crippen LogP contribution in [0.5, 0.6) is 0 Å². The number of hydrogen-bond donors (Lipinski definition) is 1. The maximum absolute atomic E-state index is 12.8. The maximum atomic E-state index is 12.8. The van der Waals surface area contributed by atoms with E-state index < -0.39 is 31.8 Å². The van der Waals surface area contributed by atoms with E-state index in [-0.39, 0.29) is 6.54 Å². The fourth-order valence-corrected chi connectivity index (χ4v) is 3.10. The van der Waals surface area contributed by atoms with Crippen molar-refractivity contribution in [2.24, 2.45) is 0 Å². The molecule has 0 fully saturated rings. The van der Waals surface area contributed by atoms with Gasteiger partial charge < -0.3 is 5.32 Å². The average molecular weight is 411 g/mol. The van der Waals surface area contributed by atoms with Gasteiger partial charge in [-0.1, -0.05) is 6.07 Å². The van der Waals surface area contributed by atoms with E-state index in [4.69, 9.17) is 0 Å². The van der Waals surface area contributed by atoms with Crippen LogP contribution in [0.1, 0.15) is 15.9 Å². The van der Waals surface area contributed by atoms with Crippen LogP contribution in [0.15, 0.2) is 60.1 Å². The van der Waals surface area contributed by atoms with Crippen LogP contribution in [0.2, 0.25) is 0 Å². The lowest BCUT2D eigenvalue weighted by Gasteiger charge is -2.11. The Hall–Kier alpha value is -3.28. The van der Waals surface area contributed by atoms with Crippen LogP contribution in [0.25, 0.3) is 5.82 Å². The summed E-state index contributed by atoms with van der Waals surface area (Å²) in [5.74, 6) is -0.474. The molecule has 3 rings (SSSR count). The number of hydrogen-bond acceptors (Lipinski definition) is 6. The predicted octanol–water partition coefficient (Wildman–Crippen LogP) is 1.89. The Morgan fingerprint density at radius 1 is 1.11 bits per heavy atom. The summed E-state index contributed by atoms with van der Waals surface area (Å²) in [6, 6.07) is 7.13. The topological polar surface area (TPSA) is 107 Å². The molecule has 3 heterocycles. The normalized spacial score (nSPS) is 12.0. The highest BCUT2D eigenvalue weighted by Gasteiger charge is 2.49. The molecule has 0 atom stereocenters.